The zero-order valence-electron chi connectivity index (χ0n) is 11.2. The molecule has 1 aromatic rings. The van der Waals surface area contributed by atoms with Crippen molar-refractivity contribution in [2.75, 3.05) is 13.7 Å². The Morgan fingerprint density at radius 3 is 2.83 bits per heavy atom. The van der Waals surface area contributed by atoms with Crippen LogP contribution in [-0.4, -0.2) is 25.9 Å². The molecule has 102 valence electrons. The lowest BCUT2D eigenvalue weighted by Gasteiger charge is -2.31. The average molecular weight is 269 g/mol. The lowest BCUT2D eigenvalue weighted by atomic mass is 9.94. The van der Waals surface area contributed by atoms with E-state index in [2.05, 4.69) is 18.4 Å². The summed E-state index contributed by atoms with van der Waals surface area (Å²) in [6, 6.07) is 2.13. The summed E-state index contributed by atoms with van der Waals surface area (Å²) < 4.78 is 11.6. The SMILES string of the molecule is COC1CCCC(OC(CN)c2sccc2C)C1. The highest BCUT2D eigenvalue weighted by molar-refractivity contribution is 7.10. The second kappa shape index (κ2) is 6.66. The fraction of sp³-hybridized carbons (Fsp3) is 0.714. The van der Waals surface area contributed by atoms with E-state index < -0.39 is 0 Å². The van der Waals surface area contributed by atoms with E-state index in [9.17, 15) is 0 Å². The van der Waals surface area contributed by atoms with Crippen LogP contribution < -0.4 is 5.73 Å². The Bertz CT molecular complexity index is 366. The van der Waals surface area contributed by atoms with Crippen molar-refractivity contribution in [2.24, 2.45) is 5.73 Å². The summed E-state index contributed by atoms with van der Waals surface area (Å²) in [5.74, 6) is 0. The minimum Gasteiger partial charge on any atom is -0.381 e. The highest BCUT2D eigenvalue weighted by Crippen LogP contribution is 2.31. The second-order valence-corrected chi connectivity index (χ2v) is 5.92. The molecule has 3 nitrogen and oxygen atoms in total. The summed E-state index contributed by atoms with van der Waals surface area (Å²) in [6.45, 7) is 2.67. The number of ether oxygens (including phenoxy) is 2. The maximum absolute atomic E-state index is 6.20. The highest BCUT2D eigenvalue weighted by atomic mass is 32.1. The Kier molecular flexibility index (Phi) is 5.18. The molecule has 0 amide bonds. The van der Waals surface area contributed by atoms with Crippen molar-refractivity contribution >= 4 is 11.3 Å². The van der Waals surface area contributed by atoms with E-state index in [1.54, 1.807) is 18.4 Å². The molecule has 1 saturated carbocycles. The summed E-state index contributed by atoms with van der Waals surface area (Å²) in [4.78, 5) is 1.28. The molecule has 3 unspecified atom stereocenters. The van der Waals surface area contributed by atoms with E-state index in [-0.39, 0.29) is 6.10 Å². The van der Waals surface area contributed by atoms with Crippen LogP contribution in [0, 0.1) is 6.92 Å². The van der Waals surface area contributed by atoms with Crippen LogP contribution in [0.3, 0.4) is 0 Å². The van der Waals surface area contributed by atoms with Gasteiger partial charge in [-0.15, -0.1) is 11.3 Å². The van der Waals surface area contributed by atoms with E-state index in [1.165, 1.54) is 16.9 Å². The fourth-order valence-corrected chi connectivity index (χ4v) is 3.59. The van der Waals surface area contributed by atoms with Crippen molar-refractivity contribution in [3.63, 3.8) is 0 Å². The molecule has 0 aromatic carbocycles. The second-order valence-electron chi connectivity index (χ2n) is 4.97. The fourth-order valence-electron chi connectivity index (χ4n) is 2.61. The number of nitrogens with two attached hydrogens (primary N) is 1. The minimum atomic E-state index is 0.0469. The van der Waals surface area contributed by atoms with Gasteiger partial charge in [0.15, 0.2) is 0 Å². The molecule has 3 atom stereocenters. The molecule has 1 heterocycles. The van der Waals surface area contributed by atoms with Crippen molar-refractivity contribution in [3.8, 4) is 0 Å². The Morgan fingerprint density at radius 1 is 1.44 bits per heavy atom. The molecule has 1 aliphatic rings. The third kappa shape index (κ3) is 3.32. The third-order valence-corrected chi connectivity index (χ3v) is 4.79. The normalized spacial score (nSPS) is 26.2. The lowest BCUT2D eigenvalue weighted by Crippen LogP contribution is -2.30. The number of thiophene rings is 1. The van der Waals surface area contributed by atoms with Crippen LogP contribution in [0.25, 0.3) is 0 Å². The van der Waals surface area contributed by atoms with E-state index in [0.717, 1.165) is 19.3 Å². The first kappa shape index (κ1) is 14.0. The standard InChI is InChI=1S/C14H23NO2S/c1-10-6-7-18-14(10)13(9-15)17-12-5-3-4-11(8-12)16-2/h6-7,11-13H,3-5,8-9,15H2,1-2H3. The van der Waals surface area contributed by atoms with Gasteiger partial charge >= 0.3 is 0 Å². The van der Waals surface area contributed by atoms with Crippen molar-refractivity contribution in [1.29, 1.82) is 0 Å². The molecular weight excluding hydrogens is 246 g/mol. The molecule has 2 rings (SSSR count). The van der Waals surface area contributed by atoms with Gasteiger partial charge in [0.05, 0.1) is 12.2 Å². The van der Waals surface area contributed by atoms with E-state index in [0.29, 0.717) is 18.8 Å². The molecule has 2 N–H and O–H groups in total. The largest absolute Gasteiger partial charge is 0.381 e. The van der Waals surface area contributed by atoms with Gasteiger partial charge < -0.3 is 15.2 Å². The predicted octanol–water partition coefficient (Wildman–Crippen LogP) is 3.03. The van der Waals surface area contributed by atoms with Gasteiger partial charge in [-0.3, -0.25) is 0 Å². The van der Waals surface area contributed by atoms with E-state index in [1.807, 2.05) is 0 Å². The smallest absolute Gasteiger partial charge is 0.104 e. The van der Waals surface area contributed by atoms with Crippen molar-refractivity contribution in [1.82, 2.24) is 0 Å². The average Bonchev–Trinajstić information content (AvgIpc) is 2.82. The van der Waals surface area contributed by atoms with Crippen LogP contribution in [0.15, 0.2) is 11.4 Å². The minimum absolute atomic E-state index is 0.0469. The number of hydrogen-bond acceptors (Lipinski definition) is 4. The molecule has 1 fully saturated rings. The van der Waals surface area contributed by atoms with Gasteiger partial charge in [-0.25, -0.2) is 0 Å². The number of rotatable bonds is 5. The summed E-state index contributed by atoms with van der Waals surface area (Å²) in [5.41, 5.74) is 7.15. The van der Waals surface area contributed by atoms with Crippen LogP contribution >= 0.6 is 11.3 Å². The number of aryl methyl sites for hydroxylation is 1. The maximum Gasteiger partial charge on any atom is 0.104 e. The first-order valence-corrected chi connectivity index (χ1v) is 7.55. The summed E-state index contributed by atoms with van der Waals surface area (Å²) in [7, 11) is 1.79. The first-order valence-electron chi connectivity index (χ1n) is 6.67. The summed E-state index contributed by atoms with van der Waals surface area (Å²) >= 11 is 1.74. The molecular formula is C14H23NO2S. The molecule has 0 spiro atoms. The maximum atomic E-state index is 6.20. The van der Waals surface area contributed by atoms with Crippen molar-refractivity contribution in [2.45, 2.75) is 50.9 Å². The van der Waals surface area contributed by atoms with E-state index >= 15 is 0 Å². The van der Waals surface area contributed by atoms with Gasteiger partial charge in [-0.1, -0.05) is 0 Å². The van der Waals surface area contributed by atoms with Crippen LogP contribution in [0.1, 0.15) is 42.2 Å². The van der Waals surface area contributed by atoms with Crippen LogP contribution in [0.2, 0.25) is 0 Å². The molecule has 1 aliphatic carbocycles. The molecule has 0 bridgehead atoms. The van der Waals surface area contributed by atoms with Gasteiger partial charge in [0, 0.05) is 18.5 Å². The van der Waals surface area contributed by atoms with Gasteiger partial charge in [0.2, 0.25) is 0 Å². The molecule has 18 heavy (non-hydrogen) atoms. The van der Waals surface area contributed by atoms with Crippen molar-refractivity contribution < 1.29 is 9.47 Å². The number of hydrogen-bond donors (Lipinski definition) is 1. The van der Waals surface area contributed by atoms with E-state index in [4.69, 9.17) is 15.2 Å². The van der Waals surface area contributed by atoms with Gasteiger partial charge in [0.1, 0.15) is 6.10 Å². The van der Waals surface area contributed by atoms with Gasteiger partial charge in [-0.2, -0.15) is 0 Å². The Morgan fingerprint density at radius 2 is 2.22 bits per heavy atom. The Balaban J connectivity index is 1.96. The first-order chi connectivity index (χ1) is 8.74. The Hall–Kier alpha value is -0.420. The molecule has 0 saturated heterocycles. The van der Waals surface area contributed by atoms with Gasteiger partial charge in [-0.05, 0) is 49.6 Å². The Labute approximate surface area is 113 Å². The van der Waals surface area contributed by atoms with Crippen LogP contribution in [0.4, 0.5) is 0 Å². The highest BCUT2D eigenvalue weighted by Gasteiger charge is 2.26. The van der Waals surface area contributed by atoms with Crippen LogP contribution in [-0.2, 0) is 9.47 Å². The monoisotopic (exact) mass is 269 g/mol. The molecule has 0 aliphatic heterocycles. The topological polar surface area (TPSA) is 44.5 Å². The van der Waals surface area contributed by atoms with Gasteiger partial charge in [0.25, 0.3) is 0 Å². The van der Waals surface area contributed by atoms with Crippen LogP contribution in [0.5, 0.6) is 0 Å². The summed E-state index contributed by atoms with van der Waals surface area (Å²) in [6.07, 6.45) is 5.15. The third-order valence-electron chi connectivity index (χ3n) is 3.68. The quantitative estimate of drug-likeness (QED) is 0.893. The molecule has 1 aromatic heterocycles. The predicted molar refractivity (Wildman–Crippen MR) is 75.0 cm³/mol. The lowest BCUT2D eigenvalue weighted by molar-refractivity contribution is -0.0623. The summed E-state index contributed by atoms with van der Waals surface area (Å²) in [5, 5.41) is 2.11. The zero-order valence-corrected chi connectivity index (χ0v) is 12.0. The molecule has 4 heteroatoms. The molecule has 0 radical (unpaired) electrons. The zero-order chi connectivity index (χ0) is 13.0. The van der Waals surface area contributed by atoms with Crippen molar-refractivity contribution in [3.05, 3.63) is 21.9 Å². The number of methoxy groups -OCH3 is 1.